The van der Waals surface area contributed by atoms with Crippen LogP contribution in [0.4, 0.5) is 0 Å². The maximum absolute atomic E-state index is 5.80. The fourth-order valence-electron chi connectivity index (χ4n) is 2.42. The van der Waals surface area contributed by atoms with Gasteiger partial charge in [-0.1, -0.05) is 6.92 Å². The predicted octanol–water partition coefficient (Wildman–Crippen LogP) is 1.86. The number of likely N-dealkylation sites (N-methyl/N-ethyl adjacent to an activating group) is 1. The van der Waals surface area contributed by atoms with Crippen LogP contribution < -0.4 is 0 Å². The van der Waals surface area contributed by atoms with Gasteiger partial charge in [-0.25, -0.2) is 4.98 Å². The highest BCUT2D eigenvalue weighted by Crippen LogP contribution is 2.15. The van der Waals surface area contributed by atoms with Crippen LogP contribution in [0.1, 0.15) is 24.0 Å². The number of nitrogens with zero attached hydrogens (tertiary/aromatic N) is 3. The van der Waals surface area contributed by atoms with Crippen LogP contribution in [0.2, 0.25) is 0 Å². The molecule has 1 unspecified atom stereocenters. The van der Waals surface area contributed by atoms with Crippen molar-refractivity contribution in [3.8, 4) is 0 Å². The topological polar surface area (TPSA) is 28.6 Å². The summed E-state index contributed by atoms with van der Waals surface area (Å²) in [5, 5.41) is 3.48. The first-order chi connectivity index (χ1) is 9.17. The van der Waals surface area contributed by atoms with Crippen molar-refractivity contribution in [3.05, 3.63) is 16.1 Å². The molecule has 1 aliphatic rings. The Labute approximate surface area is 120 Å². The molecule has 2 rings (SSSR count). The number of aromatic nitrogens is 1. The molecule has 4 nitrogen and oxygen atoms in total. The second-order valence-corrected chi connectivity index (χ2v) is 6.42. The van der Waals surface area contributed by atoms with E-state index in [-0.39, 0.29) is 0 Å². The quantitative estimate of drug-likeness (QED) is 0.797. The lowest BCUT2D eigenvalue weighted by Gasteiger charge is -2.33. The van der Waals surface area contributed by atoms with Gasteiger partial charge in [-0.15, -0.1) is 11.3 Å². The SMILES string of the molecule is CCCc1nc(CN2CCOC(CN(C)C)C2)cs1. The van der Waals surface area contributed by atoms with Gasteiger partial charge in [0, 0.05) is 31.6 Å². The van der Waals surface area contributed by atoms with Crippen LogP contribution in [0.15, 0.2) is 5.38 Å². The molecular formula is C14H25N3OS. The Kier molecular flexibility index (Phi) is 5.76. The smallest absolute Gasteiger partial charge is 0.0928 e. The van der Waals surface area contributed by atoms with Gasteiger partial charge in [0.25, 0.3) is 0 Å². The van der Waals surface area contributed by atoms with Crippen molar-refractivity contribution in [2.45, 2.75) is 32.4 Å². The van der Waals surface area contributed by atoms with E-state index in [9.17, 15) is 0 Å². The zero-order chi connectivity index (χ0) is 13.7. The lowest BCUT2D eigenvalue weighted by molar-refractivity contribution is -0.0409. The van der Waals surface area contributed by atoms with Crippen molar-refractivity contribution in [1.29, 1.82) is 0 Å². The van der Waals surface area contributed by atoms with E-state index in [0.717, 1.165) is 39.2 Å². The molecule has 0 bridgehead atoms. The van der Waals surface area contributed by atoms with E-state index in [1.807, 2.05) is 0 Å². The summed E-state index contributed by atoms with van der Waals surface area (Å²) in [7, 11) is 4.19. The van der Waals surface area contributed by atoms with Crippen molar-refractivity contribution >= 4 is 11.3 Å². The van der Waals surface area contributed by atoms with Gasteiger partial charge in [0.2, 0.25) is 0 Å². The third-order valence-corrected chi connectivity index (χ3v) is 4.20. The second-order valence-electron chi connectivity index (χ2n) is 5.47. The molecule has 0 amide bonds. The Morgan fingerprint density at radius 2 is 2.37 bits per heavy atom. The van der Waals surface area contributed by atoms with E-state index in [1.54, 1.807) is 11.3 Å². The lowest BCUT2D eigenvalue weighted by Crippen LogP contribution is -2.46. The van der Waals surface area contributed by atoms with Crippen LogP contribution in [-0.2, 0) is 17.7 Å². The minimum atomic E-state index is 0.331. The van der Waals surface area contributed by atoms with Gasteiger partial charge in [0.05, 0.1) is 23.4 Å². The monoisotopic (exact) mass is 283 g/mol. The van der Waals surface area contributed by atoms with Crippen molar-refractivity contribution < 1.29 is 4.74 Å². The minimum Gasteiger partial charge on any atom is -0.374 e. The number of aryl methyl sites for hydroxylation is 1. The molecule has 0 aromatic carbocycles. The van der Waals surface area contributed by atoms with E-state index in [0.29, 0.717) is 6.10 Å². The zero-order valence-electron chi connectivity index (χ0n) is 12.3. The molecule has 0 N–H and O–H groups in total. The van der Waals surface area contributed by atoms with Crippen molar-refractivity contribution in [2.24, 2.45) is 0 Å². The summed E-state index contributed by atoms with van der Waals surface area (Å²) in [6.45, 7) is 7.03. The first-order valence-electron chi connectivity index (χ1n) is 7.09. The summed E-state index contributed by atoms with van der Waals surface area (Å²) in [5.74, 6) is 0. The molecule has 0 aliphatic carbocycles. The van der Waals surface area contributed by atoms with Gasteiger partial charge >= 0.3 is 0 Å². The van der Waals surface area contributed by atoms with Gasteiger partial charge < -0.3 is 9.64 Å². The summed E-state index contributed by atoms with van der Waals surface area (Å²) in [6, 6.07) is 0. The molecule has 0 spiro atoms. The third kappa shape index (κ3) is 4.84. The first-order valence-corrected chi connectivity index (χ1v) is 7.97. The number of morpholine rings is 1. The van der Waals surface area contributed by atoms with E-state index < -0.39 is 0 Å². The molecule has 0 radical (unpaired) electrons. The Hall–Kier alpha value is -0.490. The molecule has 5 heteroatoms. The molecule has 2 heterocycles. The van der Waals surface area contributed by atoms with E-state index in [1.165, 1.54) is 17.1 Å². The number of hydrogen-bond acceptors (Lipinski definition) is 5. The van der Waals surface area contributed by atoms with Crippen LogP contribution >= 0.6 is 11.3 Å². The molecule has 1 fully saturated rings. The fourth-order valence-corrected chi connectivity index (χ4v) is 3.31. The molecule has 1 aliphatic heterocycles. The molecule has 1 aromatic heterocycles. The average molecular weight is 283 g/mol. The largest absolute Gasteiger partial charge is 0.374 e. The standard InChI is InChI=1S/C14H25N3OS/c1-4-5-14-15-12(11-19-14)8-17-6-7-18-13(10-17)9-16(2)3/h11,13H,4-10H2,1-3H3. The van der Waals surface area contributed by atoms with Crippen molar-refractivity contribution in [3.63, 3.8) is 0 Å². The molecule has 0 saturated carbocycles. The Morgan fingerprint density at radius 3 is 3.11 bits per heavy atom. The molecule has 1 aromatic rings. The molecular weight excluding hydrogens is 258 g/mol. The van der Waals surface area contributed by atoms with Crippen LogP contribution in [0.25, 0.3) is 0 Å². The number of hydrogen-bond donors (Lipinski definition) is 0. The summed E-state index contributed by atoms with van der Waals surface area (Å²) < 4.78 is 5.80. The van der Waals surface area contributed by atoms with Crippen LogP contribution in [0, 0.1) is 0 Å². The van der Waals surface area contributed by atoms with Crippen LogP contribution in [-0.4, -0.2) is 61.2 Å². The number of thiazole rings is 1. The van der Waals surface area contributed by atoms with E-state index in [2.05, 4.69) is 36.2 Å². The van der Waals surface area contributed by atoms with E-state index >= 15 is 0 Å². The van der Waals surface area contributed by atoms with Gasteiger partial charge in [-0.2, -0.15) is 0 Å². The minimum absolute atomic E-state index is 0.331. The Balaban J connectivity index is 1.83. The van der Waals surface area contributed by atoms with Crippen molar-refractivity contribution in [1.82, 2.24) is 14.8 Å². The highest BCUT2D eigenvalue weighted by molar-refractivity contribution is 7.09. The highest BCUT2D eigenvalue weighted by atomic mass is 32.1. The average Bonchev–Trinajstić information content (AvgIpc) is 2.76. The predicted molar refractivity (Wildman–Crippen MR) is 79.7 cm³/mol. The molecule has 1 atom stereocenters. The van der Waals surface area contributed by atoms with Crippen molar-refractivity contribution in [2.75, 3.05) is 40.3 Å². The maximum atomic E-state index is 5.80. The molecule has 108 valence electrons. The summed E-state index contributed by atoms with van der Waals surface area (Å²) in [6.07, 6.45) is 2.62. The highest BCUT2D eigenvalue weighted by Gasteiger charge is 2.21. The second kappa shape index (κ2) is 7.33. The normalized spacial score (nSPS) is 21.2. The summed E-state index contributed by atoms with van der Waals surface area (Å²) >= 11 is 1.80. The van der Waals surface area contributed by atoms with E-state index in [4.69, 9.17) is 9.72 Å². The van der Waals surface area contributed by atoms with Gasteiger partial charge in [0.1, 0.15) is 0 Å². The number of rotatable bonds is 6. The molecule has 1 saturated heterocycles. The van der Waals surface area contributed by atoms with Gasteiger partial charge in [-0.05, 0) is 26.9 Å². The summed E-state index contributed by atoms with van der Waals surface area (Å²) in [5.41, 5.74) is 1.22. The van der Waals surface area contributed by atoms with Gasteiger partial charge in [0.15, 0.2) is 0 Å². The zero-order valence-corrected chi connectivity index (χ0v) is 13.1. The maximum Gasteiger partial charge on any atom is 0.0928 e. The Morgan fingerprint density at radius 1 is 1.53 bits per heavy atom. The Bertz CT molecular complexity index is 381. The van der Waals surface area contributed by atoms with Gasteiger partial charge in [-0.3, -0.25) is 4.90 Å². The lowest BCUT2D eigenvalue weighted by atomic mass is 10.2. The fraction of sp³-hybridized carbons (Fsp3) is 0.786. The molecule has 19 heavy (non-hydrogen) atoms. The van der Waals surface area contributed by atoms with Crippen LogP contribution in [0.3, 0.4) is 0 Å². The number of ether oxygens (including phenoxy) is 1. The third-order valence-electron chi connectivity index (χ3n) is 3.24. The van der Waals surface area contributed by atoms with Crippen LogP contribution in [0.5, 0.6) is 0 Å². The first kappa shape index (κ1) is 14.9. The summed E-state index contributed by atoms with van der Waals surface area (Å²) in [4.78, 5) is 9.36.